The van der Waals surface area contributed by atoms with Crippen LogP contribution in [0.5, 0.6) is 0 Å². The Morgan fingerprint density at radius 2 is 2.15 bits per heavy atom. The van der Waals surface area contributed by atoms with Gasteiger partial charge in [-0.1, -0.05) is 25.5 Å². The second kappa shape index (κ2) is 6.71. The number of amides is 1. The summed E-state index contributed by atoms with van der Waals surface area (Å²) in [5.41, 5.74) is -0.189. The van der Waals surface area contributed by atoms with Gasteiger partial charge >= 0.3 is 5.97 Å². The second-order valence-electron chi connectivity index (χ2n) is 4.88. The molecular weight excluding hydrogens is 256 g/mol. The molecule has 0 saturated heterocycles. The highest BCUT2D eigenvalue weighted by Gasteiger charge is 2.34. The Hall–Kier alpha value is -2.35. The molecule has 1 atom stereocenters. The van der Waals surface area contributed by atoms with Crippen molar-refractivity contribution >= 4 is 11.9 Å². The van der Waals surface area contributed by atoms with Gasteiger partial charge in [-0.3, -0.25) is 4.79 Å². The van der Waals surface area contributed by atoms with Crippen molar-refractivity contribution in [2.24, 2.45) is 0 Å². The summed E-state index contributed by atoms with van der Waals surface area (Å²) in [6.07, 6.45) is 1.22. The summed E-state index contributed by atoms with van der Waals surface area (Å²) >= 11 is 0. The standard InChI is InChI=1S/C15H18N2O3/c1-3-8-15(2,14(19)20)17-13(18)12-6-4-5-11(10-12)7-9-16/h4-6,10H,3,7-8H2,1-2H3,(H,17,18)(H,19,20)/t15-/m0/s1. The SMILES string of the molecule is CCC[C@](C)(NC(=O)c1cccc(CC#N)c1)C(=O)O. The van der Waals surface area contributed by atoms with Crippen molar-refractivity contribution in [2.45, 2.75) is 38.6 Å². The number of carboxylic acid groups (broad SMARTS) is 1. The van der Waals surface area contributed by atoms with E-state index in [-0.39, 0.29) is 6.42 Å². The third-order valence-corrected chi connectivity index (χ3v) is 3.08. The predicted molar refractivity (Wildman–Crippen MR) is 74.2 cm³/mol. The lowest BCUT2D eigenvalue weighted by molar-refractivity contribution is -0.144. The topological polar surface area (TPSA) is 90.2 Å². The largest absolute Gasteiger partial charge is 0.480 e. The lowest BCUT2D eigenvalue weighted by atomic mass is 9.95. The van der Waals surface area contributed by atoms with Crippen LogP contribution in [0.25, 0.3) is 0 Å². The average molecular weight is 274 g/mol. The van der Waals surface area contributed by atoms with Crippen molar-refractivity contribution in [1.82, 2.24) is 5.32 Å². The van der Waals surface area contributed by atoms with Gasteiger partial charge in [0.1, 0.15) is 5.54 Å². The van der Waals surface area contributed by atoms with Gasteiger partial charge in [-0.25, -0.2) is 4.79 Å². The number of nitriles is 1. The maximum Gasteiger partial charge on any atom is 0.329 e. The van der Waals surface area contributed by atoms with Gasteiger partial charge in [0.2, 0.25) is 0 Å². The highest BCUT2D eigenvalue weighted by atomic mass is 16.4. The van der Waals surface area contributed by atoms with E-state index in [0.29, 0.717) is 18.4 Å². The molecule has 0 saturated carbocycles. The number of aliphatic carboxylic acids is 1. The summed E-state index contributed by atoms with van der Waals surface area (Å²) in [5.74, 6) is -1.50. The Kier molecular flexibility index (Phi) is 5.27. The minimum atomic E-state index is -1.28. The molecule has 106 valence electrons. The van der Waals surface area contributed by atoms with Crippen molar-refractivity contribution in [3.63, 3.8) is 0 Å². The van der Waals surface area contributed by atoms with E-state index >= 15 is 0 Å². The van der Waals surface area contributed by atoms with Crippen LogP contribution < -0.4 is 5.32 Å². The zero-order valence-electron chi connectivity index (χ0n) is 11.6. The maximum atomic E-state index is 12.1. The smallest absolute Gasteiger partial charge is 0.329 e. The average Bonchev–Trinajstić information content (AvgIpc) is 2.39. The van der Waals surface area contributed by atoms with Crippen LogP contribution in [0.4, 0.5) is 0 Å². The number of nitrogens with zero attached hydrogens (tertiary/aromatic N) is 1. The van der Waals surface area contributed by atoms with Gasteiger partial charge in [0.25, 0.3) is 5.91 Å². The Bertz CT molecular complexity index is 548. The lowest BCUT2D eigenvalue weighted by Gasteiger charge is -2.25. The third kappa shape index (κ3) is 3.82. The maximum absolute atomic E-state index is 12.1. The van der Waals surface area contributed by atoms with Crippen molar-refractivity contribution in [3.05, 3.63) is 35.4 Å². The Morgan fingerprint density at radius 3 is 2.70 bits per heavy atom. The first-order valence-corrected chi connectivity index (χ1v) is 6.44. The quantitative estimate of drug-likeness (QED) is 0.831. The van der Waals surface area contributed by atoms with Gasteiger partial charge in [-0.2, -0.15) is 5.26 Å². The summed E-state index contributed by atoms with van der Waals surface area (Å²) in [6, 6.07) is 8.65. The Labute approximate surface area is 118 Å². The van der Waals surface area contributed by atoms with Crippen LogP contribution in [-0.2, 0) is 11.2 Å². The number of benzene rings is 1. The van der Waals surface area contributed by atoms with Crippen LogP contribution in [0.2, 0.25) is 0 Å². The summed E-state index contributed by atoms with van der Waals surface area (Å²) in [7, 11) is 0. The molecule has 5 heteroatoms. The third-order valence-electron chi connectivity index (χ3n) is 3.08. The van der Waals surface area contributed by atoms with E-state index in [1.54, 1.807) is 24.3 Å². The van der Waals surface area contributed by atoms with Crippen LogP contribution in [-0.4, -0.2) is 22.5 Å². The molecule has 0 aliphatic heterocycles. The van der Waals surface area contributed by atoms with Crippen molar-refractivity contribution < 1.29 is 14.7 Å². The number of carbonyl (C=O) groups is 2. The summed E-state index contributed by atoms with van der Waals surface area (Å²) < 4.78 is 0. The first-order valence-electron chi connectivity index (χ1n) is 6.44. The molecule has 0 aliphatic rings. The highest BCUT2D eigenvalue weighted by molar-refractivity contribution is 5.97. The highest BCUT2D eigenvalue weighted by Crippen LogP contribution is 2.14. The first-order chi connectivity index (χ1) is 9.42. The van der Waals surface area contributed by atoms with Crippen LogP contribution in [0, 0.1) is 11.3 Å². The number of hydrogen-bond donors (Lipinski definition) is 2. The summed E-state index contributed by atoms with van der Waals surface area (Å²) in [5, 5.41) is 20.4. The van der Waals surface area contributed by atoms with E-state index in [1.807, 2.05) is 13.0 Å². The number of nitrogens with one attached hydrogen (secondary N) is 1. The van der Waals surface area contributed by atoms with Crippen LogP contribution >= 0.6 is 0 Å². The molecule has 1 aromatic carbocycles. The monoisotopic (exact) mass is 274 g/mol. The van der Waals surface area contributed by atoms with Gasteiger partial charge < -0.3 is 10.4 Å². The van der Waals surface area contributed by atoms with E-state index in [9.17, 15) is 14.7 Å². The van der Waals surface area contributed by atoms with Crippen molar-refractivity contribution in [2.75, 3.05) is 0 Å². The zero-order chi connectivity index (χ0) is 15.2. The number of rotatable bonds is 6. The molecular formula is C15H18N2O3. The van der Waals surface area contributed by atoms with Crippen LogP contribution in [0.1, 0.15) is 42.6 Å². The minimum absolute atomic E-state index is 0.215. The number of hydrogen-bond acceptors (Lipinski definition) is 3. The van der Waals surface area contributed by atoms with Crippen LogP contribution in [0.3, 0.4) is 0 Å². The Morgan fingerprint density at radius 1 is 1.45 bits per heavy atom. The molecule has 20 heavy (non-hydrogen) atoms. The van der Waals surface area contributed by atoms with Gasteiger partial charge in [0.05, 0.1) is 12.5 Å². The van der Waals surface area contributed by atoms with E-state index in [1.165, 1.54) is 6.92 Å². The molecule has 0 bridgehead atoms. The molecule has 1 aromatic rings. The second-order valence-corrected chi connectivity index (χ2v) is 4.88. The fraction of sp³-hybridized carbons (Fsp3) is 0.400. The van der Waals surface area contributed by atoms with E-state index in [2.05, 4.69) is 5.32 Å². The summed E-state index contributed by atoms with van der Waals surface area (Å²) in [6.45, 7) is 3.36. The Balaban J connectivity index is 2.92. The van der Waals surface area contributed by atoms with E-state index in [4.69, 9.17) is 5.26 Å². The zero-order valence-corrected chi connectivity index (χ0v) is 11.6. The predicted octanol–water partition coefficient (Wildman–Crippen LogP) is 2.13. The molecule has 0 heterocycles. The molecule has 2 N–H and O–H groups in total. The fourth-order valence-corrected chi connectivity index (χ4v) is 1.96. The molecule has 0 radical (unpaired) electrons. The van der Waals surface area contributed by atoms with E-state index in [0.717, 1.165) is 5.56 Å². The molecule has 0 aromatic heterocycles. The molecule has 0 aliphatic carbocycles. The van der Waals surface area contributed by atoms with Gasteiger partial charge in [0.15, 0.2) is 0 Å². The molecule has 0 fully saturated rings. The molecule has 1 amide bonds. The van der Waals surface area contributed by atoms with Crippen LogP contribution in [0.15, 0.2) is 24.3 Å². The van der Waals surface area contributed by atoms with Gasteiger partial charge in [-0.05, 0) is 31.0 Å². The molecule has 0 spiro atoms. The molecule has 5 nitrogen and oxygen atoms in total. The van der Waals surface area contributed by atoms with E-state index < -0.39 is 17.4 Å². The van der Waals surface area contributed by atoms with Crippen molar-refractivity contribution in [1.29, 1.82) is 5.26 Å². The van der Waals surface area contributed by atoms with Gasteiger partial charge in [0, 0.05) is 5.56 Å². The van der Waals surface area contributed by atoms with Gasteiger partial charge in [-0.15, -0.1) is 0 Å². The molecule has 0 unspecified atom stereocenters. The normalized spacial score (nSPS) is 13.1. The number of carboxylic acids is 1. The fourth-order valence-electron chi connectivity index (χ4n) is 1.96. The summed E-state index contributed by atoms with van der Waals surface area (Å²) in [4.78, 5) is 23.4. The molecule has 1 rings (SSSR count). The first kappa shape index (κ1) is 15.7. The number of carbonyl (C=O) groups excluding carboxylic acids is 1. The lowest BCUT2D eigenvalue weighted by Crippen LogP contribution is -2.52. The van der Waals surface area contributed by atoms with Crippen molar-refractivity contribution in [3.8, 4) is 6.07 Å². The minimum Gasteiger partial charge on any atom is -0.480 e.